The molecule has 7 nitrogen and oxygen atoms in total. The van der Waals surface area contributed by atoms with Crippen LogP contribution in [0.2, 0.25) is 0 Å². The maximum absolute atomic E-state index is 13.6. The number of imidazole rings is 1. The molecule has 3 aromatic rings. The zero-order valence-corrected chi connectivity index (χ0v) is 18.4. The van der Waals surface area contributed by atoms with Crippen LogP contribution in [-0.4, -0.2) is 45.1 Å². The Balaban J connectivity index is 1.63. The van der Waals surface area contributed by atoms with Crippen molar-refractivity contribution in [1.29, 1.82) is 0 Å². The summed E-state index contributed by atoms with van der Waals surface area (Å²) >= 11 is 0. The van der Waals surface area contributed by atoms with E-state index in [2.05, 4.69) is 9.97 Å². The fourth-order valence-corrected chi connectivity index (χ4v) is 3.79. The van der Waals surface area contributed by atoms with E-state index in [1.165, 1.54) is 12.3 Å². The van der Waals surface area contributed by atoms with E-state index in [0.29, 0.717) is 17.9 Å². The summed E-state index contributed by atoms with van der Waals surface area (Å²) in [6.07, 6.45) is 6.54. The second-order valence-electron chi connectivity index (χ2n) is 7.84. The smallest absolute Gasteiger partial charge is 0.289 e. The third-order valence-corrected chi connectivity index (χ3v) is 5.45. The monoisotopic (exact) mass is 436 g/mol. The molecule has 8 heteroatoms. The van der Waals surface area contributed by atoms with Gasteiger partial charge in [0.1, 0.15) is 11.9 Å². The van der Waals surface area contributed by atoms with Crippen LogP contribution < -0.4 is 4.74 Å². The molecule has 1 aromatic carbocycles. The van der Waals surface area contributed by atoms with Gasteiger partial charge in [-0.05, 0) is 62.2 Å². The van der Waals surface area contributed by atoms with Crippen molar-refractivity contribution in [3.8, 4) is 11.4 Å². The highest BCUT2D eigenvalue weighted by Gasteiger charge is 2.33. The first-order valence-electron chi connectivity index (χ1n) is 10.4. The average Bonchev–Trinajstić information content (AvgIpc) is 3.21. The van der Waals surface area contributed by atoms with Crippen LogP contribution in [0.3, 0.4) is 0 Å². The molecular formula is C24H25FN4O3. The maximum atomic E-state index is 13.6. The number of aromatic nitrogens is 3. The molecule has 1 aliphatic rings. The molecule has 1 fully saturated rings. The predicted octanol–water partition coefficient (Wildman–Crippen LogP) is 4.07. The van der Waals surface area contributed by atoms with Gasteiger partial charge < -0.3 is 18.9 Å². The van der Waals surface area contributed by atoms with Crippen molar-refractivity contribution < 1.29 is 18.7 Å². The number of methoxy groups -OCH3 is 1. The van der Waals surface area contributed by atoms with Gasteiger partial charge in [-0.25, -0.2) is 9.97 Å². The van der Waals surface area contributed by atoms with Gasteiger partial charge in [-0.1, -0.05) is 6.07 Å². The Morgan fingerprint density at radius 1 is 1.28 bits per heavy atom. The zero-order valence-electron chi connectivity index (χ0n) is 18.4. The van der Waals surface area contributed by atoms with Gasteiger partial charge in [0, 0.05) is 12.4 Å². The highest BCUT2D eigenvalue weighted by Crippen LogP contribution is 2.30. The van der Waals surface area contributed by atoms with Crippen LogP contribution in [0.4, 0.5) is 4.39 Å². The molecule has 1 amide bonds. The summed E-state index contributed by atoms with van der Waals surface area (Å²) < 4.78 is 26.9. The molecule has 2 atom stereocenters. The third-order valence-electron chi connectivity index (χ3n) is 5.45. The van der Waals surface area contributed by atoms with E-state index in [1.54, 1.807) is 30.5 Å². The Kier molecular flexibility index (Phi) is 5.94. The summed E-state index contributed by atoms with van der Waals surface area (Å²) in [5, 5.41) is 0. The second kappa shape index (κ2) is 8.82. The molecule has 0 unspecified atom stereocenters. The summed E-state index contributed by atoms with van der Waals surface area (Å²) in [6.45, 7) is 6.09. The van der Waals surface area contributed by atoms with Gasteiger partial charge in [-0.3, -0.25) is 4.79 Å². The molecule has 0 radical (unpaired) electrons. The molecule has 1 aliphatic heterocycles. The fraction of sp³-hybridized carbons (Fsp3) is 0.292. The lowest BCUT2D eigenvalue weighted by molar-refractivity contribution is -0.141. The van der Waals surface area contributed by atoms with Crippen LogP contribution in [0.5, 0.6) is 5.75 Å². The van der Waals surface area contributed by atoms with E-state index in [1.807, 2.05) is 49.7 Å². The lowest BCUT2D eigenvalue weighted by Gasteiger charge is -2.37. The van der Waals surface area contributed by atoms with Gasteiger partial charge >= 0.3 is 0 Å². The number of hydrogen-bond donors (Lipinski definition) is 0. The number of benzene rings is 1. The lowest BCUT2D eigenvalue weighted by Crippen LogP contribution is -2.45. The zero-order chi connectivity index (χ0) is 22.8. The number of rotatable bonds is 5. The molecule has 4 rings (SSSR count). The van der Waals surface area contributed by atoms with E-state index in [0.717, 1.165) is 16.9 Å². The van der Waals surface area contributed by atoms with Crippen LogP contribution in [0.1, 0.15) is 36.7 Å². The molecule has 0 N–H and O–H groups in total. The second-order valence-corrected chi connectivity index (χ2v) is 7.84. The molecule has 0 aliphatic carbocycles. The first-order valence-corrected chi connectivity index (χ1v) is 10.4. The number of aryl methyl sites for hydroxylation is 1. The number of ether oxygens (including phenoxy) is 2. The highest BCUT2D eigenvalue weighted by atomic mass is 19.1. The first kappa shape index (κ1) is 21.5. The maximum Gasteiger partial charge on any atom is 0.289 e. The molecule has 1 saturated heterocycles. The van der Waals surface area contributed by atoms with Crippen molar-refractivity contribution in [2.45, 2.75) is 32.9 Å². The Morgan fingerprint density at radius 3 is 2.78 bits per heavy atom. The minimum atomic E-state index is -0.570. The number of pyridine rings is 1. The molecule has 0 bridgehead atoms. The predicted molar refractivity (Wildman–Crippen MR) is 118 cm³/mol. The Morgan fingerprint density at radius 2 is 2.09 bits per heavy atom. The number of halogens is 1. The van der Waals surface area contributed by atoms with Crippen LogP contribution in [0, 0.1) is 12.9 Å². The molecule has 2 aromatic heterocycles. The summed E-state index contributed by atoms with van der Waals surface area (Å²) in [5.41, 5.74) is 3.19. The number of nitrogens with zero attached hydrogens (tertiary/aromatic N) is 4. The molecule has 32 heavy (non-hydrogen) atoms. The molecule has 0 spiro atoms. The Bertz CT molecular complexity index is 1170. The van der Waals surface area contributed by atoms with Crippen molar-refractivity contribution in [1.82, 2.24) is 19.4 Å². The van der Waals surface area contributed by atoms with Gasteiger partial charge in [-0.2, -0.15) is 4.39 Å². The number of hydrogen-bond acceptors (Lipinski definition) is 5. The molecule has 166 valence electrons. The summed E-state index contributed by atoms with van der Waals surface area (Å²) in [4.78, 5) is 22.7. The van der Waals surface area contributed by atoms with Gasteiger partial charge in [0.2, 0.25) is 5.95 Å². The number of morpholine rings is 1. The number of amides is 1. The van der Waals surface area contributed by atoms with Gasteiger partial charge in [0.05, 0.1) is 37.4 Å². The highest BCUT2D eigenvalue weighted by molar-refractivity contribution is 5.96. The first-order chi connectivity index (χ1) is 15.4. The topological polar surface area (TPSA) is 69.5 Å². The normalized spacial score (nSPS) is 18.5. The fourth-order valence-electron chi connectivity index (χ4n) is 3.79. The van der Waals surface area contributed by atoms with E-state index in [-0.39, 0.29) is 23.8 Å². The third kappa shape index (κ3) is 4.34. The Hall–Kier alpha value is -3.68. The SMILES string of the molecule is COc1cc(C=C2O[C@@H](C)CN([C@H](C)c3ccnc(F)c3)C2=O)ccc1-n1cnc(C)c1. The van der Waals surface area contributed by atoms with Gasteiger partial charge in [0.15, 0.2) is 5.76 Å². The van der Waals surface area contributed by atoms with Crippen molar-refractivity contribution in [2.75, 3.05) is 13.7 Å². The average molecular weight is 436 g/mol. The summed E-state index contributed by atoms with van der Waals surface area (Å²) in [6, 6.07) is 8.39. The molecular weight excluding hydrogens is 411 g/mol. The lowest BCUT2D eigenvalue weighted by atomic mass is 10.1. The van der Waals surface area contributed by atoms with Crippen molar-refractivity contribution >= 4 is 12.0 Å². The quantitative estimate of drug-likeness (QED) is 0.445. The summed E-state index contributed by atoms with van der Waals surface area (Å²) in [7, 11) is 1.60. The minimum Gasteiger partial charge on any atom is -0.495 e. The molecule has 0 saturated carbocycles. The summed E-state index contributed by atoms with van der Waals surface area (Å²) in [5.74, 6) is 0.0594. The van der Waals surface area contributed by atoms with Crippen LogP contribution in [-0.2, 0) is 9.53 Å². The van der Waals surface area contributed by atoms with Crippen molar-refractivity contribution in [3.05, 3.63) is 77.6 Å². The van der Waals surface area contributed by atoms with Gasteiger partial charge in [-0.15, -0.1) is 0 Å². The van der Waals surface area contributed by atoms with E-state index >= 15 is 0 Å². The van der Waals surface area contributed by atoms with Crippen LogP contribution >= 0.6 is 0 Å². The molecule has 3 heterocycles. The number of carbonyl (C=O) groups is 1. The standard InChI is InChI=1S/C24H25FN4O3/c1-15-12-28(14-27-15)20-6-5-18(9-21(20)31-4)10-22-24(30)29(13-16(2)32-22)17(3)19-7-8-26-23(25)11-19/h5-12,14,16-17H,13H2,1-4H3/t16-,17+/m0/s1. The number of carbonyl (C=O) groups excluding carboxylic acids is 1. The van der Waals surface area contributed by atoms with Crippen LogP contribution in [0.25, 0.3) is 11.8 Å². The van der Waals surface area contributed by atoms with E-state index in [4.69, 9.17) is 9.47 Å². The Labute approximate surface area is 186 Å². The van der Waals surface area contributed by atoms with Crippen LogP contribution in [0.15, 0.2) is 54.8 Å². The largest absolute Gasteiger partial charge is 0.495 e. The van der Waals surface area contributed by atoms with Gasteiger partial charge in [0.25, 0.3) is 5.91 Å². The minimum absolute atomic E-state index is 0.205. The van der Waals surface area contributed by atoms with E-state index < -0.39 is 5.95 Å². The van der Waals surface area contributed by atoms with E-state index in [9.17, 15) is 9.18 Å². The van der Waals surface area contributed by atoms with Crippen molar-refractivity contribution in [2.24, 2.45) is 0 Å². The van der Waals surface area contributed by atoms with Crippen molar-refractivity contribution in [3.63, 3.8) is 0 Å².